The molecule has 1 amide bonds. The molecule has 0 aliphatic carbocycles. The highest BCUT2D eigenvalue weighted by molar-refractivity contribution is 7.89. The number of unbranched alkanes of at least 4 members (excludes halogenated alkanes) is 2. The molecule has 0 unspecified atom stereocenters. The van der Waals surface area contributed by atoms with Crippen LogP contribution >= 0.6 is 0 Å². The zero-order valence-corrected chi connectivity index (χ0v) is 19.8. The fourth-order valence-corrected chi connectivity index (χ4v) is 4.84. The van der Waals surface area contributed by atoms with Crippen molar-refractivity contribution in [2.75, 3.05) is 39.5 Å². The number of sulfonamides is 1. The van der Waals surface area contributed by atoms with E-state index in [2.05, 4.69) is 10.0 Å². The number of amides is 1. The van der Waals surface area contributed by atoms with Crippen LogP contribution in [0.15, 0.2) is 41.3 Å². The van der Waals surface area contributed by atoms with E-state index in [-0.39, 0.29) is 10.8 Å². The van der Waals surface area contributed by atoms with Crippen LogP contribution in [0.3, 0.4) is 0 Å². The lowest BCUT2D eigenvalue weighted by molar-refractivity contribution is -0.121. The molecule has 10 heteroatoms. The molecule has 0 fully saturated rings. The Kier molecular flexibility index (Phi) is 8.12. The molecule has 2 aliphatic rings. The zero-order chi connectivity index (χ0) is 23.8. The highest BCUT2D eigenvalue weighted by atomic mass is 32.2. The Morgan fingerprint density at radius 3 is 2.15 bits per heavy atom. The minimum absolute atomic E-state index is 0.00518. The summed E-state index contributed by atoms with van der Waals surface area (Å²) in [6, 6.07) is 10.4. The summed E-state index contributed by atoms with van der Waals surface area (Å²) in [6.45, 7) is 2.82. The predicted molar refractivity (Wildman–Crippen MR) is 125 cm³/mol. The summed E-state index contributed by atoms with van der Waals surface area (Å²) in [5, 5.41) is 2.93. The van der Waals surface area contributed by atoms with E-state index in [0.29, 0.717) is 76.7 Å². The fraction of sp³-hybridized carbons (Fsp3) is 0.458. The van der Waals surface area contributed by atoms with Gasteiger partial charge in [-0.15, -0.1) is 0 Å². The Hall–Kier alpha value is -2.98. The zero-order valence-electron chi connectivity index (χ0n) is 19.0. The average molecular weight is 491 g/mol. The maximum Gasteiger partial charge on any atom is 0.240 e. The molecule has 0 saturated heterocycles. The van der Waals surface area contributed by atoms with Crippen molar-refractivity contribution in [2.45, 2.75) is 37.0 Å². The van der Waals surface area contributed by atoms with Crippen LogP contribution in [-0.2, 0) is 21.2 Å². The Balaban J connectivity index is 1.09. The van der Waals surface area contributed by atoms with Gasteiger partial charge in [0.05, 0.1) is 4.90 Å². The van der Waals surface area contributed by atoms with E-state index in [1.54, 1.807) is 6.07 Å². The summed E-state index contributed by atoms with van der Waals surface area (Å²) < 4.78 is 49.5. The number of fused-ring (bicyclic) bond motifs is 2. The fourth-order valence-electron chi connectivity index (χ4n) is 3.75. The van der Waals surface area contributed by atoms with Crippen molar-refractivity contribution in [3.05, 3.63) is 42.0 Å². The van der Waals surface area contributed by atoms with Gasteiger partial charge in [-0.3, -0.25) is 4.79 Å². The predicted octanol–water partition coefficient (Wildman–Crippen LogP) is 2.43. The van der Waals surface area contributed by atoms with Crippen LogP contribution in [0.2, 0.25) is 0 Å². The molecule has 2 aliphatic heterocycles. The van der Waals surface area contributed by atoms with Crippen molar-refractivity contribution < 1.29 is 32.2 Å². The van der Waals surface area contributed by atoms with Gasteiger partial charge < -0.3 is 24.3 Å². The van der Waals surface area contributed by atoms with Crippen molar-refractivity contribution in [3.8, 4) is 23.0 Å². The summed E-state index contributed by atoms with van der Waals surface area (Å²) in [5.74, 6) is 2.49. The molecule has 34 heavy (non-hydrogen) atoms. The summed E-state index contributed by atoms with van der Waals surface area (Å²) >= 11 is 0. The second kappa shape index (κ2) is 11.4. The lowest BCUT2D eigenvalue weighted by atomic mass is 10.1. The maximum absolute atomic E-state index is 12.5. The second-order valence-corrected chi connectivity index (χ2v) is 9.86. The van der Waals surface area contributed by atoms with Gasteiger partial charge >= 0.3 is 0 Å². The van der Waals surface area contributed by atoms with Gasteiger partial charge in [0.25, 0.3) is 0 Å². The molecule has 9 nitrogen and oxygen atoms in total. The number of carbonyl (C=O) groups excluding carboxylic acids is 1. The minimum Gasteiger partial charge on any atom is -0.486 e. The number of hydrogen-bond acceptors (Lipinski definition) is 7. The first kappa shape index (κ1) is 24.2. The molecule has 2 aromatic rings. The second-order valence-electron chi connectivity index (χ2n) is 8.09. The highest BCUT2D eigenvalue weighted by Gasteiger charge is 2.19. The monoisotopic (exact) mass is 490 g/mol. The smallest absolute Gasteiger partial charge is 0.240 e. The third kappa shape index (κ3) is 6.54. The summed E-state index contributed by atoms with van der Waals surface area (Å²) in [4.78, 5) is 12.2. The van der Waals surface area contributed by atoms with E-state index in [4.69, 9.17) is 18.9 Å². The van der Waals surface area contributed by atoms with Crippen molar-refractivity contribution in [1.29, 1.82) is 0 Å². The van der Waals surface area contributed by atoms with Gasteiger partial charge in [-0.2, -0.15) is 0 Å². The quantitative estimate of drug-likeness (QED) is 0.465. The van der Waals surface area contributed by atoms with Crippen LogP contribution in [0, 0.1) is 0 Å². The third-order valence-corrected chi connectivity index (χ3v) is 7.00. The first-order chi connectivity index (χ1) is 16.5. The number of benzene rings is 2. The Bertz CT molecular complexity index is 1100. The van der Waals surface area contributed by atoms with Crippen LogP contribution in [0.25, 0.3) is 0 Å². The molecule has 4 rings (SSSR count). The molecule has 0 atom stereocenters. The summed E-state index contributed by atoms with van der Waals surface area (Å²) in [6.07, 6.45) is 3.22. The van der Waals surface area contributed by atoms with Crippen LogP contribution in [0.1, 0.15) is 31.2 Å². The standard InChI is InChI=1S/C24H30N2O7S/c27-24(25-11-9-18-5-7-20-22(16-18)32-14-12-30-20)4-2-1-3-10-26-34(28,29)19-6-8-21-23(17-19)33-15-13-31-21/h5-8,16-17,26H,1-4,9-15H2,(H,25,27). The third-order valence-electron chi connectivity index (χ3n) is 5.54. The maximum atomic E-state index is 12.5. The van der Waals surface area contributed by atoms with Gasteiger partial charge in [-0.25, -0.2) is 13.1 Å². The van der Waals surface area contributed by atoms with E-state index < -0.39 is 10.0 Å². The number of rotatable bonds is 11. The topological polar surface area (TPSA) is 112 Å². The lowest BCUT2D eigenvalue weighted by Gasteiger charge is -2.19. The molecular formula is C24H30N2O7S. The van der Waals surface area contributed by atoms with Crippen molar-refractivity contribution in [1.82, 2.24) is 10.0 Å². The summed E-state index contributed by atoms with van der Waals surface area (Å²) in [7, 11) is -3.62. The Labute approximate surface area is 199 Å². The van der Waals surface area contributed by atoms with E-state index in [9.17, 15) is 13.2 Å². The normalized spacial score (nSPS) is 14.5. The SMILES string of the molecule is O=C(CCCCCNS(=O)(=O)c1ccc2c(c1)OCCO2)NCCc1ccc2c(c1)OCCO2. The van der Waals surface area contributed by atoms with E-state index in [1.807, 2.05) is 18.2 Å². The van der Waals surface area contributed by atoms with Crippen LogP contribution in [0.5, 0.6) is 23.0 Å². The average Bonchev–Trinajstić information content (AvgIpc) is 2.85. The summed E-state index contributed by atoms with van der Waals surface area (Å²) in [5.41, 5.74) is 1.08. The van der Waals surface area contributed by atoms with Crippen molar-refractivity contribution >= 4 is 15.9 Å². The van der Waals surface area contributed by atoms with Gasteiger partial charge in [0, 0.05) is 25.6 Å². The van der Waals surface area contributed by atoms with Crippen LogP contribution in [-0.4, -0.2) is 53.8 Å². The first-order valence-corrected chi connectivity index (χ1v) is 13.0. The molecule has 0 bridgehead atoms. The van der Waals surface area contributed by atoms with Gasteiger partial charge in [-0.1, -0.05) is 12.5 Å². The van der Waals surface area contributed by atoms with Gasteiger partial charge in [0.1, 0.15) is 26.4 Å². The molecule has 0 spiro atoms. The van der Waals surface area contributed by atoms with Gasteiger partial charge in [0.15, 0.2) is 23.0 Å². The number of nitrogens with one attached hydrogen (secondary N) is 2. The molecule has 2 aromatic carbocycles. The number of carbonyl (C=O) groups is 1. The largest absolute Gasteiger partial charge is 0.486 e. The molecule has 0 aromatic heterocycles. The van der Waals surface area contributed by atoms with E-state index in [1.165, 1.54) is 12.1 Å². The van der Waals surface area contributed by atoms with E-state index in [0.717, 1.165) is 23.5 Å². The van der Waals surface area contributed by atoms with Crippen molar-refractivity contribution in [3.63, 3.8) is 0 Å². The molecule has 184 valence electrons. The highest BCUT2D eigenvalue weighted by Crippen LogP contribution is 2.32. The molecule has 0 saturated carbocycles. The molecular weight excluding hydrogens is 460 g/mol. The van der Waals surface area contributed by atoms with E-state index >= 15 is 0 Å². The number of hydrogen-bond donors (Lipinski definition) is 2. The van der Waals surface area contributed by atoms with Crippen molar-refractivity contribution in [2.24, 2.45) is 0 Å². The first-order valence-electron chi connectivity index (χ1n) is 11.6. The van der Waals surface area contributed by atoms with Gasteiger partial charge in [0.2, 0.25) is 15.9 Å². The number of ether oxygens (including phenoxy) is 4. The molecule has 0 radical (unpaired) electrons. The van der Waals surface area contributed by atoms with Crippen LogP contribution < -0.4 is 29.0 Å². The lowest BCUT2D eigenvalue weighted by Crippen LogP contribution is -2.26. The minimum atomic E-state index is -3.62. The molecule has 2 heterocycles. The van der Waals surface area contributed by atoms with Gasteiger partial charge in [-0.05, 0) is 49.1 Å². The Morgan fingerprint density at radius 1 is 0.765 bits per heavy atom. The molecule has 2 N–H and O–H groups in total. The van der Waals surface area contributed by atoms with Crippen LogP contribution in [0.4, 0.5) is 0 Å². The Morgan fingerprint density at radius 2 is 1.41 bits per heavy atom.